The Balaban J connectivity index is 1.41. The number of aromatic nitrogens is 3. The Bertz CT molecular complexity index is 881. The van der Waals surface area contributed by atoms with Crippen molar-refractivity contribution in [2.45, 2.75) is 6.42 Å². The number of hydrogen-bond acceptors (Lipinski definition) is 4. The van der Waals surface area contributed by atoms with Crippen molar-refractivity contribution < 1.29 is 9.53 Å². The third kappa shape index (κ3) is 4.67. The molecule has 3 rings (SSSR count). The molecule has 0 fully saturated rings. The van der Waals surface area contributed by atoms with E-state index < -0.39 is 0 Å². The van der Waals surface area contributed by atoms with E-state index in [0.717, 1.165) is 28.6 Å². The van der Waals surface area contributed by atoms with E-state index in [-0.39, 0.29) is 5.91 Å². The molecule has 0 aliphatic rings. The highest BCUT2D eigenvalue weighted by Crippen LogP contribution is 2.22. The molecule has 1 aromatic carbocycles. The summed E-state index contributed by atoms with van der Waals surface area (Å²) in [6, 6.07) is 9.77. The van der Waals surface area contributed by atoms with Gasteiger partial charge in [-0.25, -0.2) is 0 Å². The van der Waals surface area contributed by atoms with Crippen molar-refractivity contribution >= 4 is 22.9 Å². The fourth-order valence-corrected chi connectivity index (χ4v) is 2.42. The van der Waals surface area contributed by atoms with Crippen molar-refractivity contribution in [3.05, 3.63) is 60.6 Å². The number of amides is 1. The minimum Gasteiger partial charge on any atom is -0.491 e. The third-order valence-corrected chi connectivity index (χ3v) is 3.63. The Labute approximate surface area is 146 Å². The Kier molecular flexibility index (Phi) is 5.41. The second-order valence-corrected chi connectivity index (χ2v) is 5.60. The van der Waals surface area contributed by atoms with Crippen LogP contribution in [0.3, 0.4) is 0 Å². The summed E-state index contributed by atoms with van der Waals surface area (Å²) in [6.45, 7) is 1.07. The second-order valence-electron chi connectivity index (χ2n) is 5.60. The summed E-state index contributed by atoms with van der Waals surface area (Å²) in [4.78, 5) is 16.1. The Morgan fingerprint density at radius 2 is 2.20 bits per heavy atom. The van der Waals surface area contributed by atoms with Crippen molar-refractivity contribution in [1.29, 1.82) is 0 Å². The van der Waals surface area contributed by atoms with Gasteiger partial charge in [0.15, 0.2) is 0 Å². The van der Waals surface area contributed by atoms with Gasteiger partial charge in [0.25, 0.3) is 0 Å². The molecule has 0 atom stereocenters. The SMILES string of the molecule is Cn1cc(/C=C\C(=O)NCCCOc2cccc3cccnc23)cn1. The first-order chi connectivity index (χ1) is 12.2. The average molecular weight is 336 g/mol. The number of fused-ring (bicyclic) bond motifs is 1. The van der Waals surface area contributed by atoms with Gasteiger partial charge in [-0.3, -0.25) is 14.5 Å². The molecule has 6 nitrogen and oxygen atoms in total. The van der Waals surface area contributed by atoms with Crippen LogP contribution in [0.5, 0.6) is 5.75 Å². The van der Waals surface area contributed by atoms with E-state index in [1.54, 1.807) is 23.2 Å². The summed E-state index contributed by atoms with van der Waals surface area (Å²) >= 11 is 0. The van der Waals surface area contributed by atoms with Crippen molar-refractivity contribution in [2.75, 3.05) is 13.2 Å². The lowest BCUT2D eigenvalue weighted by Crippen LogP contribution is -2.23. The number of benzene rings is 1. The van der Waals surface area contributed by atoms with Crippen LogP contribution in [0, 0.1) is 0 Å². The van der Waals surface area contributed by atoms with E-state index in [4.69, 9.17) is 4.74 Å². The van der Waals surface area contributed by atoms with Gasteiger partial charge in [-0.1, -0.05) is 18.2 Å². The van der Waals surface area contributed by atoms with E-state index in [9.17, 15) is 4.79 Å². The maximum atomic E-state index is 11.8. The zero-order valence-corrected chi connectivity index (χ0v) is 14.1. The standard InChI is InChI=1S/C19H20N4O2/c1-23-14-15(13-22-23)8-9-18(24)20-11-4-12-25-17-7-2-5-16-6-3-10-21-19(16)17/h2-3,5-10,13-14H,4,11-12H2,1H3,(H,20,24)/b9-8-. The highest BCUT2D eigenvalue weighted by molar-refractivity contribution is 5.91. The summed E-state index contributed by atoms with van der Waals surface area (Å²) in [5.74, 6) is 0.636. The van der Waals surface area contributed by atoms with Crippen molar-refractivity contribution in [3.8, 4) is 5.75 Å². The van der Waals surface area contributed by atoms with Gasteiger partial charge in [0.1, 0.15) is 11.3 Å². The predicted molar refractivity (Wildman–Crippen MR) is 97.1 cm³/mol. The number of nitrogens with zero attached hydrogens (tertiary/aromatic N) is 3. The van der Waals surface area contributed by atoms with Crippen LogP contribution in [0.15, 0.2) is 55.0 Å². The molecule has 0 aliphatic carbocycles. The minimum absolute atomic E-state index is 0.129. The number of para-hydroxylation sites is 1. The zero-order valence-electron chi connectivity index (χ0n) is 14.1. The molecule has 3 aromatic rings. The Morgan fingerprint density at radius 3 is 3.04 bits per heavy atom. The lowest BCUT2D eigenvalue weighted by molar-refractivity contribution is -0.116. The van der Waals surface area contributed by atoms with Crippen LogP contribution < -0.4 is 10.1 Å². The van der Waals surface area contributed by atoms with E-state index in [1.807, 2.05) is 43.6 Å². The average Bonchev–Trinajstić information content (AvgIpc) is 3.05. The largest absolute Gasteiger partial charge is 0.491 e. The lowest BCUT2D eigenvalue weighted by atomic mass is 10.2. The molecule has 0 aliphatic heterocycles. The van der Waals surface area contributed by atoms with Crippen LogP contribution in [0.4, 0.5) is 0 Å². The number of carbonyl (C=O) groups is 1. The van der Waals surface area contributed by atoms with Crippen molar-refractivity contribution in [3.63, 3.8) is 0 Å². The first-order valence-electron chi connectivity index (χ1n) is 8.13. The van der Waals surface area contributed by atoms with Gasteiger partial charge < -0.3 is 10.1 Å². The highest BCUT2D eigenvalue weighted by atomic mass is 16.5. The van der Waals surface area contributed by atoms with Gasteiger partial charge in [-0.15, -0.1) is 0 Å². The Morgan fingerprint density at radius 1 is 1.32 bits per heavy atom. The van der Waals surface area contributed by atoms with Gasteiger partial charge >= 0.3 is 0 Å². The molecule has 0 spiro atoms. The second kappa shape index (κ2) is 8.10. The maximum Gasteiger partial charge on any atom is 0.244 e. The number of hydrogen-bond donors (Lipinski definition) is 1. The zero-order chi connectivity index (χ0) is 17.5. The van der Waals surface area contributed by atoms with Crippen LogP contribution >= 0.6 is 0 Å². The van der Waals surface area contributed by atoms with Crippen LogP contribution in [-0.2, 0) is 11.8 Å². The minimum atomic E-state index is -0.129. The molecular weight excluding hydrogens is 316 g/mol. The maximum absolute atomic E-state index is 11.8. The molecule has 0 unspecified atom stereocenters. The third-order valence-electron chi connectivity index (χ3n) is 3.63. The molecule has 6 heteroatoms. The van der Waals surface area contributed by atoms with Crippen LogP contribution in [0.1, 0.15) is 12.0 Å². The molecule has 0 saturated carbocycles. The van der Waals surface area contributed by atoms with Gasteiger partial charge in [0.2, 0.25) is 5.91 Å². The van der Waals surface area contributed by atoms with Gasteiger partial charge in [-0.2, -0.15) is 5.10 Å². The first-order valence-corrected chi connectivity index (χ1v) is 8.13. The molecular formula is C19H20N4O2. The molecule has 2 heterocycles. The summed E-state index contributed by atoms with van der Waals surface area (Å²) < 4.78 is 7.48. The van der Waals surface area contributed by atoms with E-state index in [2.05, 4.69) is 15.4 Å². The number of pyridine rings is 1. The number of aryl methyl sites for hydroxylation is 1. The number of carbonyl (C=O) groups excluding carboxylic acids is 1. The van der Waals surface area contributed by atoms with Crippen LogP contribution in [0.2, 0.25) is 0 Å². The molecule has 1 N–H and O–H groups in total. The van der Waals surface area contributed by atoms with E-state index in [1.165, 1.54) is 6.08 Å². The number of nitrogens with one attached hydrogen (secondary N) is 1. The molecule has 0 saturated heterocycles. The highest BCUT2D eigenvalue weighted by Gasteiger charge is 2.02. The smallest absolute Gasteiger partial charge is 0.244 e. The normalized spacial score (nSPS) is 11.1. The summed E-state index contributed by atoms with van der Waals surface area (Å²) in [5, 5.41) is 7.93. The Hall–Kier alpha value is -3.15. The lowest BCUT2D eigenvalue weighted by Gasteiger charge is -2.08. The molecule has 2 aromatic heterocycles. The van der Waals surface area contributed by atoms with E-state index in [0.29, 0.717) is 13.2 Å². The monoisotopic (exact) mass is 336 g/mol. The molecule has 0 radical (unpaired) electrons. The van der Waals surface area contributed by atoms with Crippen LogP contribution in [-0.4, -0.2) is 33.8 Å². The topological polar surface area (TPSA) is 69.0 Å². The first kappa shape index (κ1) is 16.7. The quantitative estimate of drug-likeness (QED) is 0.532. The van der Waals surface area contributed by atoms with Crippen molar-refractivity contribution in [1.82, 2.24) is 20.1 Å². The fourth-order valence-electron chi connectivity index (χ4n) is 2.42. The summed E-state index contributed by atoms with van der Waals surface area (Å²) in [7, 11) is 1.84. The molecule has 25 heavy (non-hydrogen) atoms. The van der Waals surface area contributed by atoms with E-state index >= 15 is 0 Å². The van der Waals surface area contributed by atoms with Gasteiger partial charge in [0, 0.05) is 43.0 Å². The van der Waals surface area contributed by atoms with Gasteiger partial charge in [0.05, 0.1) is 12.8 Å². The predicted octanol–water partition coefficient (Wildman–Crippen LogP) is 2.57. The molecule has 1 amide bonds. The van der Waals surface area contributed by atoms with Crippen molar-refractivity contribution in [2.24, 2.45) is 7.05 Å². The summed E-state index contributed by atoms with van der Waals surface area (Å²) in [6.07, 6.45) is 9.26. The fraction of sp³-hybridized carbons (Fsp3) is 0.211. The van der Waals surface area contributed by atoms with Crippen LogP contribution in [0.25, 0.3) is 17.0 Å². The summed E-state index contributed by atoms with van der Waals surface area (Å²) in [5.41, 5.74) is 1.75. The molecule has 128 valence electrons. The van der Waals surface area contributed by atoms with Gasteiger partial charge in [-0.05, 0) is 24.6 Å². The number of ether oxygens (including phenoxy) is 1. The number of rotatable bonds is 7. The molecule has 0 bridgehead atoms.